The summed E-state index contributed by atoms with van der Waals surface area (Å²) < 4.78 is 0. The van der Waals surface area contributed by atoms with Crippen molar-refractivity contribution in [3.05, 3.63) is 0 Å². The molecule has 0 heterocycles. The number of halogens is 2. The Labute approximate surface area is 90.0 Å². The molecule has 0 aliphatic carbocycles. The van der Waals surface area contributed by atoms with Gasteiger partial charge in [-0.3, -0.25) is 0 Å². The summed E-state index contributed by atoms with van der Waals surface area (Å²) in [5.74, 6) is 0. The van der Waals surface area contributed by atoms with Crippen LogP contribution in [0.3, 0.4) is 0 Å². The van der Waals surface area contributed by atoms with Gasteiger partial charge in [0.2, 0.25) is 0 Å². The molecule has 3 heteroatoms. The molecule has 6 heavy (non-hydrogen) atoms. The summed E-state index contributed by atoms with van der Waals surface area (Å²) in [5.41, 5.74) is 0. The van der Waals surface area contributed by atoms with Gasteiger partial charge in [-0.25, -0.2) is 0 Å². The first-order chi connectivity index (χ1) is 1.41. The molecule has 0 nitrogen and oxygen atoms in total. The van der Waals surface area contributed by atoms with Crippen LogP contribution in [0, 0.1) is 0 Å². The fourth-order valence-corrected chi connectivity index (χ4v) is 0. The first-order valence-electron chi connectivity index (χ1n) is 1.41. The summed E-state index contributed by atoms with van der Waals surface area (Å²) in [5, 5.41) is 0. The Morgan fingerprint density at radius 3 is 1.00 bits per heavy atom. The minimum atomic E-state index is 0. The Morgan fingerprint density at radius 2 is 1.00 bits per heavy atom. The maximum Gasteiger partial charge on any atom is 2.00 e. The molecule has 0 aromatic carbocycles. The van der Waals surface area contributed by atoms with Gasteiger partial charge in [-0.15, -0.1) is 0 Å². The molecule has 0 spiro atoms. The van der Waals surface area contributed by atoms with E-state index in [1.165, 1.54) is 6.42 Å². The van der Waals surface area contributed by atoms with Gasteiger partial charge in [-0.2, -0.15) is 0 Å². The molecular formula is C3H8I2Mg. The normalized spacial score (nSPS) is 3.00. The first-order valence-corrected chi connectivity index (χ1v) is 1.41. The number of hydrogen-bond donors (Lipinski definition) is 0. The third-order valence-electron chi connectivity index (χ3n) is 0. The van der Waals surface area contributed by atoms with Crippen molar-refractivity contribution in [3.63, 3.8) is 0 Å². The maximum absolute atomic E-state index is 2.12. The van der Waals surface area contributed by atoms with Crippen molar-refractivity contribution in [2.75, 3.05) is 0 Å². The van der Waals surface area contributed by atoms with Crippen molar-refractivity contribution in [2.45, 2.75) is 20.3 Å². The summed E-state index contributed by atoms with van der Waals surface area (Å²) >= 11 is 0. The second-order valence-corrected chi connectivity index (χ2v) is 0.707. The van der Waals surface area contributed by atoms with E-state index >= 15 is 0 Å². The maximum atomic E-state index is 2.12. The molecule has 0 unspecified atom stereocenters. The average molecular weight is 322 g/mol. The molecule has 0 saturated carbocycles. The van der Waals surface area contributed by atoms with Crippen molar-refractivity contribution in [1.29, 1.82) is 0 Å². The van der Waals surface area contributed by atoms with E-state index in [1.54, 1.807) is 0 Å². The van der Waals surface area contributed by atoms with E-state index in [2.05, 4.69) is 13.8 Å². The van der Waals surface area contributed by atoms with Crippen LogP contribution < -0.4 is 48.0 Å². The third-order valence-corrected chi connectivity index (χ3v) is 0. The van der Waals surface area contributed by atoms with Gasteiger partial charge in [0.1, 0.15) is 0 Å². The van der Waals surface area contributed by atoms with Crippen LogP contribution in [0.25, 0.3) is 0 Å². The van der Waals surface area contributed by atoms with Gasteiger partial charge in [0.15, 0.2) is 0 Å². The SMILES string of the molecule is CCC.[I-].[I-].[Mg+2]. The van der Waals surface area contributed by atoms with Crippen LogP contribution in [0.5, 0.6) is 0 Å². The van der Waals surface area contributed by atoms with Crippen molar-refractivity contribution in [3.8, 4) is 0 Å². The summed E-state index contributed by atoms with van der Waals surface area (Å²) in [6, 6.07) is 0. The fourth-order valence-electron chi connectivity index (χ4n) is 0. The molecule has 0 radical (unpaired) electrons. The zero-order chi connectivity index (χ0) is 2.71. The monoisotopic (exact) mass is 322 g/mol. The topological polar surface area (TPSA) is 0 Å². The molecule has 0 aromatic heterocycles. The smallest absolute Gasteiger partial charge is 1.00 e. The van der Waals surface area contributed by atoms with Gasteiger partial charge in [-0.1, -0.05) is 20.3 Å². The predicted octanol–water partition coefficient (Wildman–Crippen LogP) is -4.96. The first kappa shape index (κ1) is 24.1. The summed E-state index contributed by atoms with van der Waals surface area (Å²) in [6.45, 7) is 4.25. The summed E-state index contributed by atoms with van der Waals surface area (Å²) in [7, 11) is 0. The Bertz CT molecular complexity index is 8.75. The van der Waals surface area contributed by atoms with Crippen molar-refractivity contribution in [1.82, 2.24) is 0 Å². The Hall–Kier alpha value is 2.23. The quantitative estimate of drug-likeness (QED) is 0.310. The van der Waals surface area contributed by atoms with E-state index in [1.807, 2.05) is 0 Å². The van der Waals surface area contributed by atoms with Crippen LogP contribution in [-0.2, 0) is 0 Å². The molecule has 0 bridgehead atoms. The minimum Gasteiger partial charge on any atom is -1.00 e. The van der Waals surface area contributed by atoms with Crippen molar-refractivity contribution < 1.29 is 48.0 Å². The van der Waals surface area contributed by atoms with Crippen molar-refractivity contribution >= 4 is 23.1 Å². The molecule has 36 valence electrons. The van der Waals surface area contributed by atoms with E-state index in [0.29, 0.717) is 0 Å². The molecule has 0 aliphatic rings. The second kappa shape index (κ2) is 26.9. The summed E-state index contributed by atoms with van der Waals surface area (Å²) in [6.07, 6.45) is 1.25. The number of hydrogen-bond acceptors (Lipinski definition) is 0. The molecule has 0 aromatic rings. The number of rotatable bonds is 0. The van der Waals surface area contributed by atoms with Crippen LogP contribution in [0.4, 0.5) is 0 Å². The van der Waals surface area contributed by atoms with Crippen LogP contribution >= 0.6 is 0 Å². The van der Waals surface area contributed by atoms with E-state index in [4.69, 9.17) is 0 Å². The average Bonchev–Trinajstić information content (AvgIpc) is 0.918. The van der Waals surface area contributed by atoms with Crippen LogP contribution in [0.1, 0.15) is 20.3 Å². The Kier molecular flexibility index (Phi) is 108. The molecular weight excluding hydrogens is 314 g/mol. The molecule has 0 saturated heterocycles. The standard InChI is InChI=1S/C3H8.2HI.Mg/c1-3-2;;;/h3H2,1-2H3;2*1H;/q;;;+2/p-2. The molecule has 0 N–H and O–H groups in total. The van der Waals surface area contributed by atoms with Crippen LogP contribution in [0.15, 0.2) is 0 Å². The van der Waals surface area contributed by atoms with Gasteiger partial charge in [0.25, 0.3) is 0 Å². The zero-order valence-corrected chi connectivity index (χ0v) is 9.90. The van der Waals surface area contributed by atoms with E-state index < -0.39 is 0 Å². The Balaban J connectivity index is -0.00000000667. The Morgan fingerprint density at radius 1 is 1.00 bits per heavy atom. The fraction of sp³-hybridized carbons (Fsp3) is 1.00. The largest absolute Gasteiger partial charge is 2.00 e. The molecule has 0 atom stereocenters. The van der Waals surface area contributed by atoms with Crippen LogP contribution in [0.2, 0.25) is 0 Å². The molecule has 0 rings (SSSR count). The minimum absolute atomic E-state index is 0. The van der Waals surface area contributed by atoms with E-state index in [-0.39, 0.29) is 71.0 Å². The second-order valence-electron chi connectivity index (χ2n) is 0.707. The van der Waals surface area contributed by atoms with Gasteiger partial charge in [0, 0.05) is 0 Å². The van der Waals surface area contributed by atoms with E-state index in [9.17, 15) is 0 Å². The van der Waals surface area contributed by atoms with Gasteiger partial charge in [0.05, 0.1) is 0 Å². The molecule has 0 aliphatic heterocycles. The van der Waals surface area contributed by atoms with Gasteiger partial charge in [-0.05, 0) is 0 Å². The summed E-state index contributed by atoms with van der Waals surface area (Å²) in [4.78, 5) is 0. The van der Waals surface area contributed by atoms with Crippen LogP contribution in [-0.4, -0.2) is 23.1 Å². The van der Waals surface area contributed by atoms with Gasteiger partial charge < -0.3 is 48.0 Å². The van der Waals surface area contributed by atoms with E-state index in [0.717, 1.165) is 0 Å². The van der Waals surface area contributed by atoms with Crippen molar-refractivity contribution in [2.24, 2.45) is 0 Å². The van der Waals surface area contributed by atoms with Gasteiger partial charge >= 0.3 is 23.1 Å². The third kappa shape index (κ3) is 34.3. The molecule has 0 fully saturated rings. The predicted molar refractivity (Wildman–Crippen MR) is 21.7 cm³/mol. The zero-order valence-electron chi connectivity index (χ0n) is 4.17. The molecule has 0 amide bonds.